The highest BCUT2D eigenvalue weighted by Crippen LogP contribution is 2.25. The first-order valence-electron chi connectivity index (χ1n) is 5.65. The third-order valence-electron chi connectivity index (χ3n) is 2.75. The fourth-order valence-electron chi connectivity index (χ4n) is 1.97. The van der Waals surface area contributed by atoms with Crippen molar-refractivity contribution in [1.82, 2.24) is 15.1 Å². The molecule has 2 aromatic rings. The summed E-state index contributed by atoms with van der Waals surface area (Å²) in [5.41, 5.74) is 0.645. The summed E-state index contributed by atoms with van der Waals surface area (Å²) in [6.45, 7) is 1.95. The predicted octanol–water partition coefficient (Wildman–Crippen LogP) is 1.21. The average Bonchev–Trinajstić information content (AvgIpc) is 2.71. The van der Waals surface area contributed by atoms with E-state index in [0.717, 1.165) is 0 Å². The second-order valence-corrected chi connectivity index (χ2v) is 4.23. The van der Waals surface area contributed by atoms with Crippen LogP contribution in [0.4, 0.5) is 4.79 Å². The van der Waals surface area contributed by atoms with E-state index in [9.17, 15) is 14.7 Å². The molecule has 0 saturated carbocycles. The zero-order valence-corrected chi connectivity index (χ0v) is 10.2. The summed E-state index contributed by atoms with van der Waals surface area (Å²) < 4.78 is 1.50. The summed E-state index contributed by atoms with van der Waals surface area (Å²) in [4.78, 5) is 21.6. The lowest BCUT2D eigenvalue weighted by atomic mass is 10.1. The van der Waals surface area contributed by atoms with Gasteiger partial charge < -0.3 is 15.5 Å². The molecule has 7 nitrogen and oxygen atoms in total. The van der Waals surface area contributed by atoms with Gasteiger partial charge in [0, 0.05) is 11.4 Å². The minimum atomic E-state index is -1.12. The predicted molar refractivity (Wildman–Crippen MR) is 67.4 cm³/mol. The Kier molecular flexibility index (Phi) is 3.37. The fraction of sp³-hybridized carbons (Fsp3) is 0.250. The van der Waals surface area contributed by atoms with Crippen LogP contribution in [0, 0.1) is 0 Å². The number of aromatic hydroxyl groups is 1. The topological polar surface area (TPSA) is 104 Å². The summed E-state index contributed by atoms with van der Waals surface area (Å²) >= 11 is 0. The second kappa shape index (κ2) is 4.97. The first kappa shape index (κ1) is 12.9. The van der Waals surface area contributed by atoms with Crippen molar-refractivity contribution in [3.05, 3.63) is 23.9 Å². The van der Waals surface area contributed by atoms with Crippen LogP contribution >= 0.6 is 0 Å². The number of fused-ring (bicyclic) bond motifs is 1. The maximum atomic E-state index is 11.0. The molecule has 19 heavy (non-hydrogen) atoms. The first-order chi connectivity index (χ1) is 9.02. The number of hydrogen-bond acceptors (Lipinski definition) is 4. The molecule has 0 saturated heterocycles. The normalized spacial score (nSPS) is 12.3. The highest BCUT2D eigenvalue weighted by atomic mass is 16.4. The number of nitrogens with one attached hydrogen (secondary N) is 1. The molecule has 2 rings (SSSR count). The number of amides is 1. The van der Waals surface area contributed by atoms with E-state index in [0.29, 0.717) is 17.2 Å². The van der Waals surface area contributed by atoms with Gasteiger partial charge in [-0.15, -0.1) is 0 Å². The van der Waals surface area contributed by atoms with Crippen molar-refractivity contribution < 1.29 is 19.8 Å². The molecule has 0 aliphatic carbocycles. The van der Waals surface area contributed by atoms with E-state index in [1.54, 1.807) is 19.2 Å². The van der Waals surface area contributed by atoms with Gasteiger partial charge in [0.05, 0.1) is 23.8 Å². The van der Waals surface area contributed by atoms with Crippen molar-refractivity contribution in [3.63, 3.8) is 0 Å². The lowest BCUT2D eigenvalue weighted by molar-refractivity contribution is 0.112. The van der Waals surface area contributed by atoms with E-state index >= 15 is 0 Å². The van der Waals surface area contributed by atoms with Crippen LogP contribution < -0.4 is 5.32 Å². The lowest BCUT2D eigenvalue weighted by Crippen LogP contribution is -2.34. The molecule has 0 fully saturated rings. The van der Waals surface area contributed by atoms with Crippen molar-refractivity contribution in [2.45, 2.75) is 19.5 Å². The Hall–Kier alpha value is -2.57. The minimum absolute atomic E-state index is 0.122. The summed E-state index contributed by atoms with van der Waals surface area (Å²) in [5.74, 6) is -0.122. The molecule has 7 heteroatoms. The number of nitrogens with zero attached hydrogens (tertiary/aromatic N) is 2. The number of benzene rings is 1. The molecule has 0 aliphatic rings. The highest BCUT2D eigenvalue weighted by molar-refractivity contribution is 5.98. The summed E-state index contributed by atoms with van der Waals surface area (Å²) in [5, 5.41) is 25.4. The molecule has 0 aliphatic heterocycles. The molecule has 0 spiro atoms. The van der Waals surface area contributed by atoms with Crippen LogP contribution in [0.15, 0.2) is 18.3 Å². The van der Waals surface area contributed by atoms with Gasteiger partial charge in [0.15, 0.2) is 6.29 Å². The monoisotopic (exact) mass is 263 g/mol. The molecule has 0 radical (unpaired) electrons. The number of rotatable bonds is 4. The van der Waals surface area contributed by atoms with Gasteiger partial charge in [-0.25, -0.2) is 4.79 Å². The van der Waals surface area contributed by atoms with Gasteiger partial charge in [-0.3, -0.25) is 9.48 Å². The molecule has 0 bridgehead atoms. The highest BCUT2D eigenvalue weighted by Gasteiger charge is 2.14. The number of carbonyl (C=O) groups is 2. The Balaban J connectivity index is 2.41. The van der Waals surface area contributed by atoms with Gasteiger partial charge in [0.25, 0.3) is 0 Å². The number of carboxylic acid groups (broad SMARTS) is 1. The van der Waals surface area contributed by atoms with E-state index in [2.05, 4.69) is 10.4 Å². The third-order valence-corrected chi connectivity index (χ3v) is 2.75. The molecule has 1 aromatic carbocycles. The van der Waals surface area contributed by atoms with E-state index < -0.39 is 6.09 Å². The summed E-state index contributed by atoms with van der Waals surface area (Å²) in [7, 11) is 0. The van der Waals surface area contributed by atoms with Gasteiger partial charge in [0.2, 0.25) is 0 Å². The first-order valence-corrected chi connectivity index (χ1v) is 5.65. The summed E-state index contributed by atoms with van der Waals surface area (Å²) in [6.07, 6.45) is 1.00. The standard InChI is InChI=1S/C12H13N3O4/c1-7(14-12(18)19)5-15-11-8(4-13-15)2-3-10(17)9(11)6-16/h2-4,6-7,14,17H,5H2,1H3,(H,18,19)/t7-/m0/s1. The van der Waals surface area contributed by atoms with E-state index in [-0.39, 0.29) is 23.9 Å². The Morgan fingerprint density at radius 3 is 2.95 bits per heavy atom. The number of phenols is 1. The van der Waals surface area contributed by atoms with Crippen molar-refractivity contribution in [2.75, 3.05) is 0 Å². The molecular weight excluding hydrogens is 250 g/mol. The van der Waals surface area contributed by atoms with Crippen LogP contribution in [0.3, 0.4) is 0 Å². The second-order valence-electron chi connectivity index (χ2n) is 4.23. The number of aromatic nitrogens is 2. The summed E-state index contributed by atoms with van der Waals surface area (Å²) in [6, 6.07) is 2.70. The molecule has 100 valence electrons. The Bertz CT molecular complexity index is 635. The van der Waals surface area contributed by atoms with Crippen molar-refractivity contribution in [1.29, 1.82) is 0 Å². The minimum Gasteiger partial charge on any atom is -0.507 e. The van der Waals surface area contributed by atoms with Crippen LogP contribution in [-0.4, -0.2) is 38.4 Å². The molecule has 1 amide bonds. The SMILES string of the molecule is C[C@@H](Cn1ncc2ccc(O)c(C=O)c21)NC(=O)O. The lowest BCUT2D eigenvalue weighted by Gasteiger charge is -2.13. The van der Waals surface area contributed by atoms with Crippen molar-refractivity contribution >= 4 is 23.3 Å². The van der Waals surface area contributed by atoms with Crippen LogP contribution in [0.2, 0.25) is 0 Å². The van der Waals surface area contributed by atoms with Gasteiger partial charge in [0.1, 0.15) is 5.75 Å². The number of carbonyl (C=O) groups excluding carboxylic acids is 1. The zero-order valence-electron chi connectivity index (χ0n) is 10.2. The third kappa shape index (κ3) is 2.49. The zero-order chi connectivity index (χ0) is 14.0. The van der Waals surface area contributed by atoms with Gasteiger partial charge >= 0.3 is 6.09 Å². The largest absolute Gasteiger partial charge is 0.507 e. The van der Waals surface area contributed by atoms with E-state index in [1.807, 2.05) is 0 Å². The average molecular weight is 263 g/mol. The smallest absolute Gasteiger partial charge is 0.404 e. The molecule has 1 heterocycles. The Labute approximate surface area is 108 Å². The number of phenolic OH excluding ortho intramolecular Hbond substituents is 1. The Morgan fingerprint density at radius 1 is 1.58 bits per heavy atom. The van der Waals surface area contributed by atoms with Crippen LogP contribution in [-0.2, 0) is 6.54 Å². The molecule has 1 atom stereocenters. The molecule has 0 unspecified atom stereocenters. The van der Waals surface area contributed by atoms with Crippen LogP contribution in [0.1, 0.15) is 17.3 Å². The maximum absolute atomic E-state index is 11.0. The maximum Gasteiger partial charge on any atom is 0.404 e. The van der Waals surface area contributed by atoms with Crippen molar-refractivity contribution in [2.24, 2.45) is 0 Å². The van der Waals surface area contributed by atoms with Gasteiger partial charge in [-0.2, -0.15) is 5.10 Å². The Morgan fingerprint density at radius 2 is 2.32 bits per heavy atom. The van der Waals surface area contributed by atoms with Crippen LogP contribution in [0.5, 0.6) is 5.75 Å². The van der Waals surface area contributed by atoms with Crippen molar-refractivity contribution in [3.8, 4) is 5.75 Å². The van der Waals surface area contributed by atoms with Crippen LogP contribution in [0.25, 0.3) is 10.9 Å². The van der Waals surface area contributed by atoms with Gasteiger partial charge in [-0.05, 0) is 19.1 Å². The van der Waals surface area contributed by atoms with Gasteiger partial charge in [-0.1, -0.05) is 0 Å². The van der Waals surface area contributed by atoms with E-state index in [4.69, 9.17) is 5.11 Å². The quantitative estimate of drug-likeness (QED) is 0.719. The molecular formula is C12H13N3O4. The molecule has 3 N–H and O–H groups in total. The van der Waals surface area contributed by atoms with E-state index in [1.165, 1.54) is 10.7 Å². The number of hydrogen-bond donors (Lipinski definition) is 3. The number of aldehydes is 1. The fourth-order valence-corrected chi connectivity index (χ4v) is 1.97. The molecule has 1 aromatic heterocycles.